The van der Waals surface area contributed by atoms with Crippen molar-refractivity contribution in [3.05, 3.63) is 12.1 Å². The molecule has 0 saturated heterocycles. The number of hydrogen-bond acceptors (Lipinski definition) is 10. The number of carbonyl (C=O) groups excluding carboxylic acids is 3. The molecule has 0 aliphatic carbocycles. The van der Waals surface area contributed by atoms with Crippen molar-refractivity contribution in [3.8, 4) is 0 Å². The van der Waals surface area contributed by atoms with Crippen LogP contribution in [0, 0.1) is 0 Å². The molecule has 102 valence electrons. The molecule has 0 radical (unpaired) electrons. The summed E-state index contributed by atoms with van der Waals surface area (Å²) in [4.78, 5) is 58.4. The van der Waals surface area contributed by atoms with Gasteiger partial charge >= 0.3 is 8.60 Å². The van der Waals surface area contributed by atoms with Gasteiger partial charge in [-0.2, -0.15) is 15.0 Å². The van der Waals surface area contributed by atoms with E-state index >= 15 is 0 Å². The molecule has 20 heavy (non-hydrogen) atoms. The van der Waals surface area contributed by atoms with Crippen molar-refractivity contribution in [2.24, 2.45) is 15.0 Å². The number of benzene rings is 1. The highest BCUT2D eigenvalue weighted by Gasteiger charge is 2.15. The number of rotatable bonds is 6. The largest absolute Gasteiger partial charge is 0.339 e. The van der Waals surface area contributed by atoms with Crippen LogP contribution in [0.2, 0.25) is 0 Å². The van der Waals surface area contributed by atoms with Gasteiger partial charge in [0.25, 0.3) is 0 Å². The second-order valence-corrected chi connectivity index (χ2v) is 4.51. The Labute approximate surface area is 116 Å². The average Bonchev–Trinajstić information content (AvgIpc) is 2.41. The van der Waals surface area contributed by atoms with E-state index in [9.17, 15) is 14.4 Å². The Kier molecular flexibility index (Phi) is 6.63. The number of nitrogens with zero attached hydrogens (tertiary/aromatic N) is 3. The molecule has 0 bridgehead atoms. The van der Waals surface area contributed by atoms with Gasteiger partial charge in [-0.25, -0.2) is 18.4 Å². The first-order valence-electron chi connectivity index (χ1n) is 4.57. The summed E-state index contributed by atoms with van der Waals surface area (Å²) in [7, 11) is -2.65. The highest BCUT2D eigenvalue weighted by Crippen LogP contribution is 2.46. The van der Waals surface area contributed by atoms with Crippen LogP contribution in [-0.4, -0.2) is 28.0 Å². The number of hydrogen-bond donors (Lipinski definition) is 2. The Hall–Kier alpha value is -1.98. The maximum absolute atomic E-state index is 10.4. The van der Waals surface area contributed by atoms with E-state index < -0.39 is 8.60 Å². The predicted octanol–water partition coefficient (Wildman–Crippen LogP) is 1.82. The van der Waals surface area contributed by atoms with Crippen molar-refractivity contribution in [2.45, 2.75) is 4.90 Å². The molecule has 1 aromatic rings. The van der Waals surface area contributed by atoms with Gasteiger partial charge < -0.3 is 9.79 Å². The molecule has 0 spiro atoms. The van der Waals surface area contributed by atoms with Gasteiger partial charge in [-0.05, 0) is 12.1 Å². The van der Waals surface area contributed by atoms with E-state index in [1.54, 1.807) is 0 Å². The van der Waals surface area contributed by atoms with Gasteiger partial charge in [0.15, 0.2) is 0 Å². The molecule has 0 heterocycles. The van der Waals surface area contributed by atoms with E-state index in [1.807, 2.05) is 0 Å². The van der Waals surface area contributed by atoms with Gasteiger partial charge in [0.05, 0.1) is 4.90 Å². The summed E-state index contributed by atoms with van der Waals surface area (Å²) in [5, 5.41) is 0. The van der Waals surface area contributed by atoms with Crippen LogP contribution in [0.1, 0.15) is 0 Å². The van der Waals surface area contributed by atoms with Gasteiger partial charge in [-0.1, -0.05) is 0 Å². The standard InChI is InChI=1S/C9H4N3O6PS/c13-3-10-6-1-2-7(20-18-19(16)17)9(12-5-15)8(6)11-4-14/h1-2,16-17H. The van der Waals surface area contributed by atoms with Crippen LogP contribution in [0.25, 0.3) is 0 Å². The molecule has 0 unspecified atom stereocenters. The lowest BCUT2D eigenvalue weighted by Crippen LogP contribution is -1.79. The van der Waals surface area contributed by atoms with Crippen molar-refractivity contribution in [3.63, 3.8) is 0 Å². The molecule has 1 rings (SSSR count). The van der Waals surface area contributed by atoms with Crippen molar-refractivity contribution in [1.82, 2.24) is 0 Å². The molecule has 11 heteroatoms. The van der Waals surface area contributed by atoms with E-state index in [-0.39, 0.29) is 22.0 Å². The minimum atomic E-state index is -2.65. The summed E-state index contributed by atoms with van der Waals surface area (Å²) < 4.78 is 4.50. The van der Waals surface area contributed by atoms with Crippen LogP contribution < -0.4 is 0 Å². The molecular formula is C9H4N3O6PS. The number of isocyanates is 3. The van der Waals surface area contributed by atoms with Crippen LogP contribution in [0.15, 0.2) is 32.0 Å². The fourth-order valence-corrected chi connectivity index (χ4v) is 2.07. The van der Waals surface area contributed by atoms with E-state index in [2.05, 4.69) is 18.9 Å². The molecule has 9 nitrogen and oxygen atoms in total. The van der Waals surface area contributed by atoms with Crippen LogP contribution in [0.5, 0.6) is 0 Å². The molecule has 0 fully saturated rings. The Morgan fingerprint density at radius 1 is 1.00 bits per heavy atom. The lowest BCUT2D eigenvalue weighted by molar-refractivity contribution is 0.397. The van der Waals surface area contributed by atoms with Crippen molar-refractivity contribution in [1.29, 1.82) is 0 Å². The molecule has 0 atom stereocenters. The van der Waals surface area contributed by atoms with Crippen LogP contribution in [0.4, 0.5) is 17.1 Å². The fourth-order valence-electron chi connectivity index (χ4n) is 1.14. The smallest absolute Gasteiger partial charge is 0.327 e. The quantitative estimate of drug-likeness (QED) is 0.353. The minimum Gasteiger partial charge on any atom is -0.327 e. The SMILES string of the molecule is O=C=Nc1ccc(SOP(O)O)c(N=C=O)c1N=C=O. The Morgan fingerprint density at radius 2 is 1.60 bits per heavy atom. The second-order valence-electron chi connectivity index (χ2n) is 2.80. The third kappa shape index (κ3) is 4.29. The van der Waals surface area contributed by atoms with Gasteiger partial charge in [-0.15, -0.1) is 0 Å². The summed E-state index contributed by atoms with van der Waals surface area (Å²) >= 11 is 0.488. The third-order valence-electron chi connectivity index (χ3n) is 1.77. The molecule has 1 aromatic carbocycles. The summed E-state index contributed by atoms with van der Waals surface area (Å²) in [6.45, 7) is 0. The molecule has 2 N–H and O–H groups in total. The minimum absolute atomic E-state index is 0.0723. The lowest BCUT2D eigenvalue weighted by Gasteiger charge is -2.07. The van der Waals surface area contributed by atoms with E-state index in [1.165, 1.54) is 30.4 Å². The second kappa shape index (κ2) is 8.24. The third-order valence-corrected chi connectivity index (χ3v) is 3.11. The monoisotopic (exact) mass is 313 g/mol. The summed E-state index contributed by atoms with van der Waals surface area (Å²) in [6.07, 6.45) is 3.71. The normalized spacial score (nSPS) is 9.35. The first-order valence-corrected chi connectivity index (χ1v) is 6.47. The Morgan fingerprint density at radius 3 is 2.15 bits per heavy atom. The van der Waals surface area contributed by atoms with Gasteiger partial charge in [-0.3, -0.25) is 0 Å². The fraction of sp³-hybridized carbons (Fsp3) is 0. The highest BCUT2D eigenvalue weighted by atomic mass is 32.2. The molecule has 0 aromatic heterocycles. The van der Waals surface area contributed by atoms with Gasteiger partial charge in [0.1, 0.15) is 17.1 Å². The molecule has 0 saturated carbocycles. The van der Waals surface area contributed by atoms with Gasteiger partial charge in [0, 0.05) is 12.0 Å². The summed E-state index contributed by atoms with van der Waals surface area (Å²) in [6, 6.07) is 2.59. The van der Waals surface area contributed by atoms with Crippen molar-refractivity contribution < 1.29 is 28.1 Å². The highest BCUT2D eigenvalue weighted by molar-refractivity contribution is 7.97. The van der Waals surface area contributed by atoms with E-state index in [0.717, 1.165) is 0 Å². The zero-order valence-electron chi connectivity index (χ0n) is 9.38. The van der Waals surface area contributed by atoms with Crippen molar-refractivity contribution in [2.75, 3.05) is 0 Å². The van der Waals surface area contributed by atoms with Gasteiger partial charge in [0.2, 0.25) is 18.2 Å². The summed E-state index contributed by atoms with van der Waals surface area (Å²) in [5.41, 5.74) is -0.473. The maximum Gasteiger partial charge on any atom is 0.339 e. The molecule has 0 amide bonds. The van der Waals surface area contributed by atoms with Crippen LogP contribution >= 0.6 is 20.6 Å². The first-order chi connectivity index (χ1) is 9.63. The first kappa shape index (κ1) is 16.1. The zero-order chi connectivity index (χ0) is 15.0. The zero-order valence-corrected chi connectivity index (χ0v) is 11.1. The predicted molar refractivity (Wildman–Crippen MR) is 68.1 cm³/mol. The van der Waals surface area contributed by atoms with E-state index in [4.69, 9.17) is 9.79 Å². The van der Waals surface area contributed by atoms with Crippen LogP contribution in [0.3, 0.4) is 0 Å². The number of aliphatic imine (C=N–C) groups is 3. The molecular weight excluding hydrogens is 309 g/mol. The summed E-state index contributed by atoms with van der Waals surface area (Å²) in [5.74, 6) is 0. The molecule has 0 aliphatic heterocycles. The Bertz CT molecular complexity index is 647. The maximum atomic E-state index is 10.4. The molecule has 0 aliphatic rings. The van der Waals surface area contributed by atoms with E-state index in [0.29, 0.717) is 12.0 Å². The lowest BCUT2D eigenvalue weighted by atomic mass is 10.2. The van der Waals surface area contributed by atoms with Crippen molar-refractivity contribution >= 4 is 55.9 Å². The topological polar surface area (TPSA) is 138 Å². The average molecular weight is 313 g/mol. The Balaban J connectivity index is 3.46. The van der Waals surface area contributed by atoms with Crippen LogP contribution in [-0.2, 0) is 18.4 Å².